The van der Waals surface area contributed by atoms with Gasteiger partial charge in [0.05, 0.1) is 12.1 Å². The maximum Gasteiger partial charge on any atom is 0.132 e. The van der Waals surface area contributed by atoms with Gasteiger partial charge >= 0.3 is 0 Å². The van der Waals surface area contributed by atoms with E-state index in [9.17, 15) is 5.11 Å². The molecule has 1 saturated heterocycles. The SMILES string of the molecule is CC(C)[C@@H](CNc1nc2ccccc2cc1CO)N1CCN(C)CC1. The van der Waals surface area contributed by atoms with Crippen LogP contribution in [0, 0.1) is 5.92 Å². The van der Waals surface area contributed by atoms with Crippen molar-refractivity contribution in [3.63, 3.8) is 0 Å². The minimum Gasteiger partial charge on any atom is -0.392 e. The van der Waals surface area contributed by atoms with Gasteiger partial charge in [-0.15, -0.1) is 0 Å². The minimum atomic E-state index is 0.00101. The van der Waals surface area contributed by atoms with E-state index in [1.54, 1.807) is 0 Å². The molecule has 0 radical (unpaired) electrons. The number of fused-ring (bicyclic) bond motifs is 1. The Labute approximate surface area is 150 Å². The van der Waals surface area contributed by atoms with Crippen LogP contribution >= 0.6 is 0 Å². The molecule has 1 aromatic carbocycles. The fourth-order valence-corrected chi connectivity index (χ4v) is 3.57. The van der Waals surface area contributed by atoms with E-state index in [0.29, 0.717) is 12.0 Å². The summed E-state index contributed by atoms with van der Waals surface area (Å²) in [5.41, 5.74) is 1.82. The van der Waals surface area contributed by atoms with Gasteiger partial charge in [0.1, 0.15) is 5.82 Å². The molecule has 2 heterocycles. The highest BCUT2D eigenvalue weighted by atomic mass is 16.3. The van der Waals surface area contributed by atoms with Crippen molar-refractivity contribution in [3.05, 3.63) is 35.9 Å². The zero-order valence-electron chi connectivity index (χ0n) is 15.6. The van der Waals surface area contributed by atoms with E-state index < -0.39 is 0 Å². The van der Waals surface area contributed by atoms with E-state index in [1.165, 1.54) is 0 Å². The van der Waals surface area contributed by atoms with Crippen molar-refractivity contribution in [3.8, 4) is 0 Å². The van der Waals surface area contributed by atoms with Gasteiger partial charge in [0.15, 0.2) is 0 Å². The van der Waals surface area contributed by atoms with Crippen molar-refractivity contribution >= 4 is 16.7 Å². The number of benzene rings is 1. The van der Waals surface area contributed by atoms with Crippen LogP contribution in [-0.4, -0.2) is 65.7 Å². The molecule has 2 aromatic rings. The standard InChI is InChI=1S/C20H30N4O/c1-15(2)19(24-10-8-23(3)9-11-24)13-21-20-17(14-25)12-16-6-4-5-7-18(16)22-20/h4-7,12,15,19,25H,8-11,13-14H2,1-3H3,(H,21,22)/t19-/m1/s1. The van der Waals surface area contributed by atoms with Gasteiger partial charge in [-0.1, -0.05) is 32.0 Å². The van der Waals surface area contributed by atoms with E-state index in [-0.39, 0.29) is 6.61 Å². The third kappa shape index (κ3) is 4.29. The molecule has 136 valence electrons. The van der Waals surface area contributed by atoms with Gasteiger partial charge in [-0.3, -0.25) is 4.90 Å². The second-order valence-electron chi connectivity index (χ2n) is 7.38. The van der Waals surface area contributed by atoms with Crippen LogP contribution in [-0.2, 0) is 6.61 Å². The number of hydrogen-bond acceptors (Lipinski definition) is 5. The quantitative estimate of drug-likeness (QED) is 0.844. The fourth-order valence-electron chi connectivity index (χ4n) is 3.57. The first-order chi connectivity index (χ1) is 12.1. The molecule has 3 rings (SSSR count). The second kappa shape index (κ2) is 8.13. The van der Waals surface area contributed by atoms with E-state index in [2.05, 4.69) is 36.0 Å². The summed E-state index contributed by atoms with van der Waals surface area (Å²) in [5.74, 6) is 1.37. The molecule has 2 N–H and O–H groups in total. The molecule has 1 aromatic heterocycles. The molecule has 0 bridgehead atoms. The van der Waals surface area contributed by atoms with Crippen LogP contribution in [0.3, 0.4) is 0 Å². The van der Waals surface area contributed by atoms with Crippen molar-refractivity contribution in [1.29, 1.82) is 0 Å². The zero-order valence-corrected chi connectivity index (χ0v) is 15.6. The van der Waals surface area contributed by atoms with Crippen molar-refractivity contribution in [1.82, 2.24) is 14.8 Å². The molecular weight excluding hydrogens is 312 g/mol. The molecule has 25 heavy (non-hydrogen) atoms. The van der Waals surface area contributed by atoms with Gasteiger partial charge in [0.2, 0.25) is 0 Å². The van der Waals surface area contributed by atoms with Gasteiger partial charge in [-0.2, -0.15) is 0 Å². The molecule has 0 aliphatic carbocycles. The maximum atomic E-state index is 9.73. The molecular formula is C20H30N4O. The summed E-state index contributed by atoms with van der Waals surface area (Å²) in [4.78, 5) is 9.70. The Morgan fingerprint density at radius 3 is 2.56 bits per heavy atom. The van der Waals surface area contributed by atoms with Crippen molar-refractivity contribution in [2.75, 3.05) is 45.1 Å². The van der Waals surface area contributed by atoms with Gasteiger partial charge in [-0.05, 0) is 25.1 Å². The monoisotopic (exact) mass is 342 g/mol. The van der Waals surface area contributed by atoms with Crippen molar-refractivity contribution in [2.24, 2.45) is 5.92 Å². The van der Waals surface area contributed by atoms with E-state index in [4.69, 9.17) is 4.98 Å². The highest BCUT2D eigenvalue weighted by Crippen LogP contribution is 2.22. The predicted octanol–water partition coefficient (Wildman–Crippen LogP) is 2.41. The number of rotatable bonds is 6. The topological polar surface area (TPSA) is 51.6 Å². The second-order valence-corrected chi connectivity index (χ2v) is 7.38. The van der Waals surface area contributed by atoms with Crippen LogP contribution in [0.25, 0.3) is 10.9 Å². The Morgan fingerprint density at radius 1 is 1.16 bits per heavy atom. The lowest BCUT2D eigenvalue weighted by molar-refractivity contribution is 0.0943. The Hall–Kier alpha value is -1.69. The van der Waals surface area contributed by atoms with Gasteiger partial charge in [0.25, 0.3) is 0 Å². The van der Waals surface area contributed by atoms with Crippen LogP contribution in [0.2, 0.25) is 0 Å². The van der Waals surface area contributed by atoms with Crippen LogP contribution in [0.4, 0.5) is 5.82 Å². The Bertz CT molecular complexity index is 695. The van der Waals surface area contributed by atoms with Gasteiger partial charge in [-0.25, -0.2) is 4.98 Å². The van der Waals surface area contributed by atoms with Crippen molar-refractivity contribution < 1.29 is 5.11 Å². The molecule has 1 fully saturated rings. The van der Waals surface area contributed by atoms with Gasteiger partial charge in [0, 0.05) is 49.7 Å². The predicted molar refractivity (Wildman–Crippen MR) is 104 cm³/mol. The first-order valence-electron chi connectivity index (χ1n) is 9.24. The van der Waals surface area contributed by atoms with Crippen molar-refractivity contribution in [2.45, 2.75) is 26.5 Å². The minimum absolute atomic E-state index is 0.00101. The number of nitrogens with one attached hydrogen (secondary N) is 1. The Morgan fingerprint density at radius 2 is 1.88 bits per heavy atom. The smallest absolute Gasteiger partial charge is 0.132 e. The molecule has 1 aliphatic rings. The van der Waals surface area contributed by atoms with E-state index >= 15 is 0 Å². The summed E-state index contributed by atoms with van der Waals surface area (Å²) >= 11 is 0. The summed E-state index contributed by atoms with van der Waals surface area (Å²) < 4.78 is 0. The number of anilines is 1. The lowest BCUT2D eigenvalue weighted by atomic mass is 10.0. The molecule has 5 nitrogen and oxygen atoms in total. The average Bonchev–Trinajstić information content (AvgIpc) is 2.62. The summed E-state index contributed by atoms with van der Waals surface area (Å²) in [6.07, 6.45) is 0. The first kappa shape index (κ1) is 18.1. The maximum absolute atomic E-state index is 9.73. The number of aromatic nitrogens is 1. The number of pyridine rings is 1. The average molecular weight is 342 g/mol. The van der Waals surface area contributed by atoms with Crippen LogP contribution in [0.5, 0.6) is 0 Å². The Balaban J connectivity index is 1.75. The van der Waals surface area contributed by atoms with Gasteiger partial charge < -0.3 is 15.3 Å². The molecule has 0 saturated carbocycles. The summed E-state index contributed by atoms with van der Waals surface area (Å²) in [5, 5.41) is 14.3. The highest BCUT2D eigenvalue weighted by Gasteiger charge is 2.25. The molecule has 0 amide bonds. The number of aliphatic hydroxyl groups excluding tert-OH is 1. The van der Waals surface area contributed by atoms with E-state index in [1.807, 2.05) is 30.3 Å². The van der Waals surface area contributed by atoms with Crippen LogP contribution in [0.15, 0.2) is 30.3 Å². The van der Waals surface area contributed by atoms with Crippen LogP contribution in [0.1, 0.15) is 19.4 Å². The highest BCUT2D eigenvalue weighted by molar-refractivity contribution is 5.81. The summed E-state index contributed by atoms with van der Waals surface area (Å²) in [7, 11) is 2.19. The third-order valence-corrected chi connectivity index (χ3v) is 5.23. The largest absolute Gasteiger partial charge is 0.392 e. The lowest BCUT2D eigenvalue weighted by Gasteiger charge is -2.40. The molecule has 1 aliphatic heterocycles. The van der Waals surface area contributed by atoms with E-state index in [0.717, 1.165) is 55.0 Å². The summed E-state index contributed by atoms with van der Waals surface area (Å²) in [6.45, 7) is 9.88. The summed E-state index contributed by atoms with van der Waals surface area (Å²) in [6, 6.07) is 10.5. The number of nitrogens with zero attached hydrogens (tertiary/aromatic N) is 3. The number of aliphatic hydroxyl groups is 1. The molecule has 1 atom stereocenters. The third-order valence-electron chi connectivity index (χ3n) is 5.23. The zero-order chi connectivity index (χ0) is 17.8. The number of hydrogen-bond donors (Lipinski definition) is 2. The number of likely N-dealkylation sites (N-methyl/N-ethyl adjacent to an activating group) is 1. The van der Waals surface area contributed by atoms with Crippen LogP contribution < -0.4 is 5.32 Å². The molecule has 0 spiro atoms. The fraction of sp³-hybridized carbons (Fsp3) is 0.550. The number of para-hydroxylation sites is 1. The first-order valence-corrected chi connectivity index (χ1v) is 9.24. The normalized spacial score (nSPS) is 18.0. The number of piperazine rings is 1. The lowest BCUT2D eigenvalue weighted by Crippen LogP contribution is -2.52. The molecule has 5 heteroatoms. The Kier molecular flexibility index (Phi) is 5.89. The molecule has 0 unspecified atom stereocenters.